The van der Waals surface area contributed by atoms with E-state index < -0.39 is 12.0 Å². The molecule has 3 rings (SSSR count). The Hall–Kier alpha value is -2.40. The number of halogens is 3. The summed E-state index contributed by atoms with van der Waals surface area (Å²) in [4.78, 5) is 16.6. The molecule has 1 amide bonds. The third kappa shape index (κ3) is 6.55. The van der Waals surface area contributed by atoms with E-state index in [1.165, 1.54) is 49.6 Å². The molecule has 11 heteroatoms. The molecule has 1 N–H and O–H groups in total. The van der Waals surface area contributed by atoms with Gasteiger partial charge in [-0.05, 0) is 18.4 Å². The maximum absolute atomic E-state index is 12.8. The van der Waals surface area contributed by atoms with Crippen LogP contribution in [0.4, 0.5) is 18.3 Å². The Kier molecular flexibility index (Phi) is 8.30. The van der Waals surface area contributed by atoms with E-state index in [4.69, 9.17) is 0 Å². The van der Waals surface area contributed by atoms with Crippen molar-refractivity contribution in [3.63, 3.8) is 0 Å². The first kappa shape index (κ1) is 24.2. The maximum Gasteiger partial charge on any atom is 0.451 e. The zero-order valence-electron chi connectivity index (χ0n) is 17.8. The first-order valence-corrected chi connectivity index (χ1v) is 12.1. The Bertz CT molecular complexity index is 1030. The van der Waals surface area contributed by atoms with E-state index in [0.29, 0.717) is 5.13 Å². The summed E-state index contributed by atoms with van der Waals surface area (Å²) in [6.45, 7) is 2.20. The number of carbonyl (C=O) groups excluding carboxylic acids is 1. The number of carbonyl (C=O) groups is 1. The number of aromatic nitrogens is 4. The van der Waals surface area contributed by atoms with Gasteiger partial charge in [0.1, 0.15) is 0 Å². The second-order valence-corrected chi connectivity index (χ2v) is 9.05. The molecule has 0 radical (unpaired) electrons. The normalized spacial score (nSPS) is 11.7. The van der Waals surface area contributed by atoms with Gasteiger partial charge in [0.05, 0.1) is 11.4 Å². The van der Waals surface area contributed by atoms with Crippen molar-refractivity contribution in [1.82, 2.24) is 19.7 Å². The van der Waals surface area contributed by atoms with Crippen LogP contribution in [0.15, 0.2) is 34.8 Å². The Morgan fingerprint density at radius 3 is 2.56 bits per heavy atom. The minimum Gasteiger partial charge on any atom is -0.302 e. The summed E-state index contributed by atoms with van der Waals surface area (Å²) in [5, 5.41) is 11.6. The van der Waals surface area contributed by atoms with Gasteiger partial charge in [-0.3, -0.25) is 4.79 Å². The van der Waals surface area contributed by atoms with Gasteiger partial charge in [-0.2, -0.15) is 13.2 Å². The van der Waals surface area contributed by atoms with Gasteiger partial charge in [0.15, 0.2) is 10.3 Å². The molecule has 0 saturated carbocycles. The SMILES string of the molecule is CCCCCCc1ccc(-c2csc(NC(=O)CSc3nnc(C(F)(F)F)n3C)n2)cc1. The van der Waals surface area contributed by atoms with E-state index in [1.54, 1.807) is 0 Å². The highest BCUT2D eigenvalue weighted by atomic mass is 32.2. The quantitative estimate of drug-likeness (QED) is 0.291. The fourth-order valence-corrected chi connectivity index (χ4v) is 4.48. The highest BCUT2D eigenvalue weighted by Gasteiger charge is 2.37. The lowest BCUT2D eigenvalue weighted by atomic mass is 10.0. The van der Waals surface area contributed by atoms with E-state index in [2.05, 4.69) is 39.6 Å². The molecule has 0 saturated heterocycles. The number of hydrogen-bond acceptors (Lipinski definition) is 6. The van der Waals surface area contributed by atoms with Crippen LogP contribution in [-0.2, 0) is 24.4 Å². The van der Waals surface area contributed by atoms with E-state index in [9.17, 15) is 18.0 Å². The molecule has 32 heavy (non-hydrogen) atoms. The number of alkyl halides is 3. The molecule has 0 atom stereocenters. The summed E-state index contributed by atoms with van der Waals surface area (Å²) in [7, 11) is 1.21. The molecule has 0 spiro atoms. The Morgan fingerprint density at radius 1 is 1.16 bits per heavy atom. The van der Waals surface area contributed by atoms with Crippen LogP contribution in [0.2, 0.25) is 0 Å². The van der Waals surface area contributed by atoms with Crippen LogP contribution in [0.3, 0.4) is 0 Å². The number of thiazole rings is 1. The first-order chi connectivity index (χ1) is 15.3. The smallest absolute Gasteiger partial charge is 0.302 e. The molecule has 0 bridgehead atoms. The molecular weight excluding hydrogens is 459 g/mol. The summed E-state index contributed by atoms with van der Waals surface area (Å²) in [6.07, 6.45) is 1.38. The standard InChI is InChI=1S/C21H24F3N5OS2/c1-3-4-5-6-7-14-8-10-15(11-9-14)16-12-31-19(25-16)26-17(30)13-32-20-28-27-18(29(20)2)21(22,23)24/h8-12H,3-7,13H2,1-2H3,(H,25,26,30). The van der Waals surface area contributed by atoms with Crippen LogP contribution in [0.25, 0.3) is 11.3 Å². The van der Waals surface area contributed by atoms with Crippen LogP contribution in [-0.4, -0.2) is 31.4 Å². The van der Waals surface area contributed by atoms with Crippen molar-refractivity contribution in [3.05, 3.63) is 41.0 Å². The summed E-state index contributed by atoms with van der Waals surface area (Å²) in [5.74, 6) is -1.59. The van der Waals surface area contributed by atoms with Gasteiger partial charge < -0.3 is 9.88 Å². The van der Waals surface area contributed by atoms with Crippen LogP contribution in [0.5, 0.6) is 0 Å². The fourth-order valence-electron chi connectivity index (χ4n) is 3.03. The van der Waals surface area contributed by atoms with Crippen LogP contribution >= 0.6 is 23.1 Å². The third-order valence-corrected chi connectivity index (χ3v) is 6.52. The van der Waals surface area contributed by atoms with Crippen molar-refractivity contribution in [2.24, 2.45) is 7.05 Å². The zero-order valence-corrected chi connectivity index (χ0v) is 19.4. The van der Waals surface area contributed by atoms with Crippen LogP contribution in [0, 0.1) is 0 Å². The lowest BCUT2D eigenvalue weighted by Crippen LogP contribution is -2.15. The number of aryl methyl sites for hydroxylation is 1. The van der Waals surface area contributed by atoms with Crippen molar-refractivity contribution in [2.75, 3.05) is 11.1 Å². The van der Waals surface area contributed by atoms with Crippen molar-refractivity contribution in [3.8, 4) is 11.3 Å². The molecule has 0 unspecified atom stereocenters. The van der Waals surface area contributed by atoms with Gasteiger partial charge in [-0.1, -0.05) is 62.2 Å². The molecule has 0 aliphatic carbocycles. The monoisotopic (exact) mass is 483 g/mol. The average Bonchev–Trinajstić information content (AvgIpc) is 3.36. The minimum absolute atomic E-state index is 0.0158. The number of nitrogens with one attached hydrogen (secondary N) is 1. The molecule has 3 aromatic rings. The topological polar surface area (TPSA) is 72.7 Å². The Balaban J connectivity index is 1.51. The zero-order chi connectivity index (χ0) is 23.1. The molecule has 6 nitrogen and oxygen atoms in total. The van der Waals surface area contributed by atoms with Gasteiger partial charge >= 0.3 is 6.18 Å². The number of amides is 1. The number of benzene rings is 1. The molecule has 172 valence electrons. The minimum atomic E-state index is -4.59. The second kappa shape index (κ2) is 11.0. The summed E-state index contributed by atoms with van der Waals surface area (Å²) < 4.78 is 39.2. The predicted octanol–water partition coefficient (Wildman–Crippen LogP) is 5.81. The molecule has 2 aromatic heterocycles. The number of nitrogens with zero attached hydrogens (tertiary/aromatic N) is 4. The molecule has 0 fully saturated rings. The highest BCUT2D eigenvalue weighted by molar-refractivity contribution is 7.99. The van der Waals surface area contributed by atoms with Crippen LogP contribution < -0.4 is 5.32 Å². The predicted molar refractivity (Wildman–Crippen MR) is 121 cm³/mol. The van der Waals surface area contributed by atoms with E-state index in [0.717, 1.165) is 34.0 Å². The van der Waals surface area contributed by atoms with Gasteiger partial charge in [0, 0.05) is 18.0 Å². The Morgan fingerprint density at radius 2 is 1.91 bits per heavy atom. The van der Waals surface area contributed by atoms with E-state index in [-0.39, 0.29) is 16.8 Å². The molecule has 1 aromatic carbocycles. The number of anilines is 1. The Labute approximate surface area is 192 Å². The van der Waals surface area contributed by atoms with Gasteiger partial charge in [0.25, 0.3) is 0 Å². The lowest BCUT2D eigenvalue weighted by Gasteiger charge is -2.06. The summed E-state index contributed by atoms with van der Waals surface area (Å²) in [5.41, 5.74) is 3.02. The number of hydrogen-bond donors (Lipinski definition) is 1. The van der Waals surface area contributed by atoms with Crippen molar-refractivity contribution in [2.45, 2.75) is 50.4 Å². The van der Waals surface area contributed by atoms with E-state index >= 15 is 0 Å². The molecular formula is C21H24F3N5OS2. The number of thioether (sulfide) groups is 1. The van der Waals surface area contributed by atoms with Gasteiger partial charge in [-0.15, -0.1) is 21.5 Å². The lowest BCUT2D eigenvalue weighted by molar-refractivity contribution is -0.147. The van der Waals surface area contributed by atoms with Crippen molar-refractivity contribution in [1.29, 1.82) is 0 Å². The largest absolute Gasteiger partial charge is 0.451 e. The molecule has 0 aliphatic rings. The maximum atomic E-state index is 12.8. The summed E-state index contributed by atoms with van der Waals surface area (Å²) in [6, 6.07) is 8.26. The van der Waals surface area contributed by atoms with Crippen molar-refractivity contribution < 1.29 is 18.0 Å². The average molecular weight is 484 g/mol. The number of rotatable bonds is 10. The first-order valence-electron chi connectivity index (χ1n) is 10.2. The van der Waals surface area contributed by atoms with E-state index in [1.807, 2.05) is 17.5 Å². The number of unbranched alkanes of at least 4 members (excludes halogenated alkanes) is 3. The third-order valence-electron chi connectivity index (χ3n) is 4.74. The molecule has 0 aliphatic heterocycles. The highest BCUT2D eigenvalue weighted by Crippen LogP contribution is 2.30. The summed E-state index contributed by atoms with van der Waals surface area (Å²) >= 11 is 2.17. The van der Waals surface area contributed by atoms with Gasteiger partial charge in [-0.25, -0.2) is 4.98 Å². The van der Waals surface area contributed by atoms with Crippen molar-refractivity contribution >= 4 is 34.1 Å². The van der Waals surface area contributed by atoms with Crippen LogP contribution in [0.1, 0.15) is 44.0 Å². The molecule has 2 heterocycles. The second-order valence-electron chi connectivity index (χ2n) is 7.25. The van der Waals surface area contributed by atoms with Gasteiger partial charge in [0.2, 0.25) is 11.7 Å². The fraction of sp³-hybridized carbons (Fsp3) is 0.429.